The first-order valence-electron chi connectivity index (χ1n) is 4.95. The first kappa shape index (κ1) is 12.0. The van der Waals surface area contributed by atoms with E-state index in [2.05, 4.69) is 5.32 Å². The van der Waals surface area contributed by atoms with Crippen LogP contribution in [0, 0.1) is 0 Å². The summed E-state index contributed by atoms with van der Waals surface area (Å²) in [5.41, 5.74) is -0.442. The molecule has 1 aliphatic heterocycles. The molecule has 1 aromatic rings. The minimum Gasteiger partial charge on any atom is -0.378 e. The van der Waals surface area contributed by atoms with Crippen molar-refractivity contribution in [3.63, 3.8) is 0 Å². The Morgan fingerprint density at radius 1 is 1.35 bits per heavy atom. The van der Waals surface area contributed by atoms with Gasteiger partial charge in [0, 0.05) is 25.5 Å². The van der Waals surface area contributed by atoms with Crippen molar-refractivity contribution in [3.05, 3.63) is 32.3 Å². The van der Waals surface area contributed by atoms with Crippen LogP contribution in [0.5, 0.6) is 0 Å². The second-order valence-corrected chi connectivity index (χ2v) is 5.20. The van der Waals surface area contributed by atoms with E-state index in [0.717, 1.165) is 5.82 Å². The van der Waals surface area contributed by atoms with Crippen LogP contribution in [-0.4, -0.2) is 29.4 Å². The van der Waals surface area contributed by atoms with Gasteiger partial charge in [0.1, 0.15) is 11.4 Å². The molecule has 92 valence electrons. The zero-order chi connectivity index (χ0) is 12.6. The molecule has 0 unspecified atom stereocenters. The summed E-state index contributed by atoms with van der Waals surface area (Å²) in [6.45, 7) is 1.25. The van der Waals surface area contributed by atoms with Crippen LogP contribution in [0.3, 0.4) is 0 Å². The highest BCUT2D eigenvalue weighted by Crippen LogP contribution is 2.36. The van der Waals surface area contributed by atoms with Crippen LogP contribution in [0.15, 0.2) is 21.5 Å². The first-order chi connectivity index (χ1) is 7.90. The molecule has 1 aromatic carbocycles. The average molecular weight is 258 g/mol. The van der Waals surface area contributed by atoms with E-state index in [4.69, 9.17) is 9.79 Å². The maximum atomic E-state index is 11.3. The zero-order valence-corrected chi connectivity index (χ0v) is 9.68. The van der Waals surface area contributed by atoms with Gasteiger partial charge in [0.15, 0.2) is 0 Å². The minimum atomic E-state index is -4.17. The Morgan fingerprint density at radius 3 is 2.71 bits per heavy atom. The molecule has 0 spiro atoms. The van der Waals surface area contributed by atoms with Gasteiger partial charge in [-0.15, -0.1) is 0 Å². The third kappa shape index (κ3) is 2.31. The number of nitrogens with one attached hydrogen (secondary N) is 1. The molecule has 0 saturated heterocycles. The Bertz CT molecular complexity index is 580. The molecule has 7 nitrogen and oxygen atoms in total. The van der Waals surface area contributed by atoms with Crippen molar-refractivity contribution in [2.24, 2.45) is 0 Å². The third-order valence-electron chi connectivity index (χ3n) is 2.51. The molecule has 17 heavy (non-hydrogen) atoms. The molecule has 0 atom stereocenters. The van der Waals surface area contributed by atoms with Gasteiger partial charge in [-0.1, -0.05) is 6.08 Å². The number of anilines is 2. The summed E-state index contributed by atoms with van der Waals surface area (Å²) < 4.78 is 10.6. The standard InChI is InChI=1S/C9H11N2O5P/c12-8-6-7(9(8)13)11(4-2-10-6)3-1-5-17(14,15)16/h1,5,10H,2-4H2,(H2,14,15,16). The maximum Gasteiger partial charge on any atom is 0.348 e. The molecule has 0 aromatic heterocycles. The average Bonchev–Trinajstić information content (AvgIpc) is 2.26. The molecule has 0 amide bonds. The molecule has 3 N–H and O–H groups in total. The lowest BCUT2D eigenvalue weighted by atomic mass is 10.1. The summed E-state index contributed by atoms with van der Waals surface area (Å²) in [5.74, 6) is 0.792. The molecule has 0 bridgehead atoms. The smallest absolute Gasteiger partial charge is 0.348 e. The molecule has 0 aliphatic carbocycles. The van der Waals surface area contributed by atoms with Crippen molar-refractivity contribution < 1.29 is 14.4 Å². The molecule has 0 fully saturated rings. The van der Waals surface area contributed by atoms with E-state index < -0.39 is 18.5 Å². The van der Waals surface area contributed by atoms with Gasteiger partial charge in [-0.2, -0.15) is 0 Å². The number of fused-ring (bicyclic) bond motifs is 1. The monoisotopic (exact) mass is 258 g/mol. The van der Waals surface area contributed by atoms with Gasteiger partial charge >= 0.3 is 7.60 Å². The summed E-state index contributed by atoms with van der Waals surface area (Å²) in [7, 11) is -4.17. The van der Waals surface area contributed by atoms with Crippen molar-refractivity contribution in [1.29, 1.82) is 0 Å². The van der Waals surface area contributed by atoms with E-state index in [0.29, 0.717) is 24.5 Å². The topological polar surface area (TPSA) is 107 Å². The fourth-order valence-electron chi connectivity index (χ4n) is 1.77. The van der Waals surface area contributed by atoms with Crippen LogP contribution in [0.4, 0.5) is 11.4 Å². The van der Waals surface area contributed by atoms with Crippen molar-refractivity contribution in [3.8, 4) is 0 Å². The molecular weight excluding hydrogens is 247 g/mol. The molecule has 2 rings (SSSR count). The van der Waals surface area contributed by atoms with Crippen molar-refractivity contribution in [1.82, 2.24) is 0 Å². The van der Waals surface area contributed by atoms with Gasteiger partial charge in [-0.3, -0.25) is 14.2 Å². The lowest BCUT2D eigenvalue weighted by molar-refractivity contribution is 0.386. The van der Waals surface area contributed by atoms with E-state index in [-0.39, 0.29) is 6.54 Å². The normalized spacial score (nSPS) is 16.2. The molecule has 8 heteroatoms. The van der Waals surface area contributed by atoms with Gasteiger partial charge in [0.25, 0.3) is 10.9 Å². The first-order valence-corrected chi connectivity index (χ1v) is 6.63. The second-order valence-electron chi connectivity index (χ2n) is 3.73. The fourth-order valence-corrected chi connectivity index (χ4v) is 2.14. The quantitative estimate of drug-likeness (QED) is 0.481. The van der Waals surface area contributed by atoms with E-state index >= 15 is 0 Å². The lowest BCUT2D eigenvalue weighted by Gasteiger charge is -2.31. The Labute approximate surface area is 96.2 Å². The van der Waals surface area contributed by atoms with Crippen LogP contribution in [0.25, 0.3) is 0 Å². The Morgan fingerprint density at radius 2 is 2.06 bits per heavy atom. The predicted molar refractivity (Wildman–Crippen MR) is 63.2 cm³/mol. The molecule has 0 saturated carbocycles. The van der Waals surface area contributed by atoms with E-state index in [1.807, 2.05) is 0 Å². The summed E-state index contributed by atoms with van der Waals surface area (Å²) in [6, 6.07) is 0. The van der Waals surface area contributed by atoms with Gasteiger partial charge in [-0.05, 0) is 0 Å². The highest BCUT2D eigenvalue weighted by Gasteiger charge is 2.28. The van der Waals surface area contributed by atoms with Crippen molar-refractivity contribution in [2.45, 2.75) is 0 Å². The van der Waals surface area contributed by atoms with E-state index in [1.54, 1.807) is 4.90 Å². The molecule has 0 radical (unpaired) electrons. The molecular formula is C9H11N2O5P. The van der Waals surface area contributed by atoms with E-state index in [1.165, 1.54) is 6.08 Å². The van der Waals surface area contributed by atoms with Crippen molar-refractivity contribution >= 4 is 19.0 Å². The van der Waals surface area contributed by atoms with Gasteiger partial charge in [-0.25, -0.2) is 0 Å². The number of hydrogen-bond donors (Lipinski definition) is 3. The molecule has 1 heterocycles. The Hall–Kier alpha value is -1.43. The second kappa shape index (κ2) is 4.10. The number of rotatable bonds is 3. The largest absolute Gasteiger partial charge is 0.378 e. The van der Waals surface area contributed by atoms with Gasteiger partial charge in [0.2, 0.25) is 0 Å². The van der Waals surface area contributed by atoms with Crippen LogP contribution < -0.4 is 21.1 Å². The summed E-state index contributed by atoms with van der Waals surface area (Å²) in [6.07, 6.45) is 1.30. The maximum absolute atomic E-state index is 11.3. The van der Waals surface area contributed by atoms with Gasteiger partial charge < -0.3 is 20.0 Å². The van der Waals surface area contributed by atoms with Crippen LogP contribution in [-0.2, 0) is 4.57 Å². The Kier molecular flexibility index (Phi) is 2.91. The highest BCUT2D eigenvalue weighted by atomic mass is 31.2. The van der Waals surface area contributed by atoms with Crippen LogP contribution in [0.2, 0.25) is 0 Å². The highest BCUT2D eigenvalue weighted by molar-refractivity contribution is 7.55. The molecule has 1 aliphatic rings. The van der Waals surface area contributed by atoms with Crippen LogP contribution in [0.1, 0.15) is 0 Å². The zero-order valence-electron chi connectivity index (χ0n) is 8.79. The number of nitrogens with zero attached hydrogens (tertiary/aromatic N) is 1. The number of hydrogen-bond acceptors (Lipinski definition) is 5. The SMILES string of the molecule is O=c1c2c(c1=O)N(CC=CP(=O)(O)O)CCN2. The van der Waals surface area contributed by atoms with Crippen molar-refractivity contribution in [2.75, 3.05) is 29.9 Å². The lowest BCUT2D eigenvalue weighted by Crippen LogP contribution is -2.48. The third-order valence-corrected chi connectivity index (χ3v) is 3.11. The van der Waals surface area contributed by atoms with E-state index in [9.17, 15) is 14.2 Å². The summed E-state index contributed by atoms with van der Waals surface area (Å²) >= 11 is 0. The Balaban J connectivity index is 2.13. The predicted octanol–water partition coefficient (Wildman–Crippen LogP) is -0.794. The van der Waals surface area contributed by atoms with Gasteiger partial charge in [0.05, 0.1) is 0 Å². The fraction of sp³-hybridized carbons (Fsp3) is 0.333. The minimum absolute atomic E-state index is 0.199. The summed E-state index contributed by atoms with van der Waals surface area (Å²) in [5, 5.41) is 2.83. The summed E-state index contributed by atoms with van der Waals surface area (Å²) in [4.78, 5) is 41.3. The van der Waals surface area contributed by atoms with Crippen LogP contribution >= 0.6 is 7.60 Å².